The highest BCUT2D eigenvalue weighted by atomic mass is 32.1. The van der Waals surface area contributed by atoms with Crippen molar-refractivity contribution in [3.8, 4) is 0 Å². The molecule has 1 heterocycles. The zero-order valence-corrected chi connectivity index (χ0v) is 9.05. The number of carbonyl (C=O) groups is 2. The molecule has 0 aliphatic carbocycles. The molecule has 0 aliphatic rings. The Hall–Kier alpha value is -1.47. The summed E-state index contributed by atoms with van der Waals surface area (Å²) in [6.45, 7) is 1.46. The number of aromatic nitrogens is 1. The molecule has 0 fully saturated rings. The van der Waals surface area contributed by atoms with Crippen molar-refractivity contribution >= 4 is 28.4 Å². The fourth-order valence-electron chi connectivity index (χ4n) is 1.00. The molecule has 0 spiro atoms. The van der Waals surface area contributed by atoms with Crippen molar-refractivity contribution in [3.05, 3.63) is 11.3 Å². The van der Waals surface area contributed by atoms with Crippen LogP contribution in [0.4, 0.5) is 5.00 Å². The third-order valence-electron chi connectivity index (χ3n) is 1.60. The maximum Gasteiger partial charge on any atom is 0.340 e. The van der Waals surface area contributed by atoms with Gasteiger partial charge in [0, 0.05) is 7.11 Å². The predicted octanol–water partition coefficient (Wildman–Crippen LogP) is 0.735. The fraction of sp³-hybridized carbons (Fsp3) is 0.375. The van der Waals surface area contributed by atoms with E-state index in [0.717, 1.165) is 11.5 Å². The molecular weight excluding hydrogens is 220 g/mol. The van der Waals surface area contributed by atoms with Crippen molar-refractivity contribution in [2.45, 2.75) is 6.92 Å². The standard InChI is InChI=1S/C8H10N2O4S/c1-4-6(8(12)13)7(15-10-4)9-5(11)3-14-2/h3H2,1-2H3,(H,9,11)(H,12,13). The molecule has 0 unspecified atom stereocenters. The SMILES string of the molecule is COCC(=O)Nc1snc(C)c1C(=O)O. The van der Waals surface area contributed by atoms with E-state index < -0.39 is 11.9 Å². The average Bonchev–Trinajstić information content (AvgIpc) is 2.47. The van der Waals surface area contributed by atoms with Crippen LogP contribution < -0.4 is 5.32 Å². The molecule has 1 rings (SSSR count). The van der Waals surface area contributed by atoms with Gasteiger partial charge in [-0.2, -0.15) is 4.37 Å². The molecule has 6 nitrogen and oxygen atoms in total. The minimum Gasteiger partial charge on any atom is -0.478 e. The Bertz CT molecular complexity index is 388. The van der Waals surface area contributed by atoms with Gasteiger partial charge in [0.1, 0.15) is 17.2 Å². The molecule has 0 atom stereocenters. The van der Waals surface area contributed by atoms with Crippen LogP contribution in [0.25, 0.3) is 0 Å². The highest BCUT2D eigenvalue weighted by Gasteiger charge is 2.18. The first-order valence-electron chi connectivity index (χ1n) is 4.04. The number of carboxylic acid groups (broad SMARTS) is 1. The normalized spacial score (nSPS) is 10.0. The monoisotopic (exact) mass is 230 g/mol. The van der Waals surface area contributed by atoms with Gasteiger partial charge >= 0.3 is 5.97 Å². The quantitative estimate of drug-likeness (QED) is 0.796. The van der Waals surface area contributed by atoms with E-state index in [1.165, 1.54) is 7.11 Å². The minimum atomic E-state index is -1.10. The molecule has 7 heteroatoms. The summed E-state index contributed by atoms with van der Waals surface area (Å²) in [4.78, 5) is 22.0. The smallest absolute Gasteiger partial charge is 0.340 e. The number of anilines is 1. The molecule has 0 saturated carbocycles. The lowest BCUT2D eigenvalue weighted by Crippen LogP contribution is -2.18. The van der Waals surface area contributed by atoms with Crippen molar-refractivity contribution in [1.29, 1.82) is 0 Å². The first-order chi connectivity index (χ1) is 7.06. The number of aromatic carboxylic acids is 1. The average molecular weight is 230 g/mol. The fourth-order valence-corrected chi connectivity index (χ4v) is 1.81. The van der Waals surface area contributed by atoms with Crippen molar-refractivity contribution < 1.29 is 19.4 Å². The number of ether oxygens (including phenoxy) is 1. The van der Waals surface area contributed by atoms with Crippen molar-refractivity contribution in [3.63, 3.8) is 0 Å². The van der Waals surface area contributed by atoms with Gasteiger partial charge in [-0.1, -0.05) is 0 Å². The van der Waals surface area contributed by atoms with Gasteiger partial charge in [-0.15, -0.1) is 0 Å². The summed E-state index contributed by atoms with van der Waals surface area (Å²) < 4.78 is 8.46. The third-order valence-corrected chi connectivity index (χ3v) is 2.46. The van der Waals surface area contributed by atoms with Crippen LogP contribution >= 0.6 is 11.5 Å². The number of nitrogens with zero attached hydrogens (tertiary/aromatic N) is 1. The lowest BCUT2D eigenvalue weighted by Gasteiger charge is -2.02. The molecule has 2 N–H and O–H groups in total. The zero-order valence-electron chi connectivity index (χ0n) is 8.23. The Labute approximate surface area is 90.0 Å². The Kier molecular flexibility index (Phi) is 3.75. The van der Waals surface area contributed by atoms with Crippen LogP contribution in [0.2, 0.25) is 0 Å². The first-order valence-corrected chi connectivity index (χ1v) is 4.82. The number of amides is 1. The molecule has 0 bridgehead atoms. The van der Waals surface area contributed by atoms with Crippen LogP contribution in [0.1, 0.15) is 16.1 Å². The number of aryl methyl sites for hydroxylation is 1. The third kappa shape index (κ3) is 2.74. The highest BCUT2D eigenvalue weighted by molar-refractivity contribution is 7.11. The summed E-state index contributed by atoms with van der Waals surface area (Å²) in [5.41, 5.74) is 0.421. The van der Waals surface area contributed by atoms with Gasteiger partial charge < -0.3 is 15.2 Å². The topological polar surface area (TPSA) is 88.5 Å². The Morgan fingerprint density at radius 3 is 2.80 bits per heavy atom. The number of carbonyl (C=O) groups excluding carboxylic acids is 1. The predicted molar refractivity (Wildman–Crippen MR) is 54.3 cm³/mol. The Morgan fingerprint density at radius 2 is 2.27 bits per heavy atom. The second kappa shape index (κ2) is 4.85. The minimum absolute atomic E-state index is 0.0319. The molecule has 0 saturated heterocycles. The van der Waals surface area contributed by atoms with Crippen molar-refractivity contribution in [1.82, 2.24) is 4.37 Å². The van der Waals surface area contributed by atoms with Gasteiger partial charge in [-0.05, 0) is 18.5 Å². The molecule has 15 heavy (non-hydrogen) atoms. The second-order valence-corrected chi connectivity index (χ2v) is 3.53. The Morgan fingerprint density at radius 1 is 1.60 bits per heavy atom. The number of rotatable bonds is 4. The molecular formula is C8H10N2O4S. The van der Waals surface area contributed by atoms with E-state index in [1.54, 1.807) is 6.92 Å². The van der Waals surface area contributed by atoms with Gasteiger partial charge in [0.15, 0.2) is 0 Å². The van der Waals surface area contributed by atoms with E-state index >= 15 is 0 Å². The van der Waals surface area contributed by atoms with E-state index in [1.807, 2.05) is 0 Å². The molecule has 1 amide bonds. The molecule has 0 aliphatic heterocycles. The van der Waals surface area contributed by atoms with Gasteiger partial charge in [0.25, 0.3) is 5.91 Å². The number of methoxy groups -OCH3 is 1. The number of hydrogen-bond acceptors (Lipinski definition) is 5. The molecule has 1 aromatic heterocycles. The maximum atomic E-state index is 11.1. The summed E-state index contributed by atoms with van der Waals surface area (Å²) in [6, 6.07) is 0. The highest BCUT2D eigenvalue weighted by Crippen LogP contribution is 2.24. The van der Waals surface area contributed by atoms with Crippen molar-refractivity contribution in [2.24, 2.45) is 0 Å². The molecule has 1 aromatic rings. The van der Waals surface area contributed by atoms with Crippen LogP contribution in [0.15, 0.2) is 0 Å². The van der Waals surface area contributed by atoms with E-state index in [9.17, 15) is 9.59 Å². The van der Waals surface area contributed by atoms with Gasteiger partial charge in [0.2, 0.25) is 0 Å². The lowest BCUT2D eigenvalue weighted by atomic mass is 10.2. The van der Waals surface area contributed by atoms with Gasteiger partial charge in [-0.25, -0.2) is 4.79 Å². The van der Waals surface area contributed by atoms with Crippen LogP contribution in [0.3, 0.4) is 0 Å². The summed E-state index contributed by atoms with van der Waals surface area (Å²) in [6.07, 6.45) is 0. The van der Waals surface area contributed by atoms with E-state index in [4.69, 9.17) is 5.11 Å². The van der Waals surface area contributed by atoms with Crippen LogP contribution in [0, 0.1) is 6.92 Å². The summed E-state index contributed by atoms with van der Waals surface area (Å²) >= 11 is 0.940. The van der Waals surface area contributed by atoms with Crippen LogP contribution in [0.5, 0.6) is 0 Å². The second-order valence-electron chi connectivity index (χ2n) is 2.76. The van der Waals surface area contributed by atoms with E-state index in [-0.39, 0.29) is 17.2 Å². The summed E-state index contributed by atoms with van der Waals surface area (Å²) in [5.74, 6) is -1.50. The van der Waals surface area contributed by atoms with Crippen LogP contribution in [-0.4, -0.2) is 35.1 Å². The van der Waals surface area contributed by atoms with E-state index in [0.29, 0.717) is 5.69 Å². The molecule has 0 aromatic carbocycles. The zero-order chi connectivity index (χ0) is 11.4. The summed E-state index contributed by atoms with van der Waals surface area (Å²) in [7, 11) is 1.38. The summed E-state index contributed by atoms with van der Waals surface area (Å²) in [5, 5.41) is 11.5. The first kappa shape index (κ1) is 11.6. The number of carboxylic acids is 1. The van der Waals surface area contributed by atoms with E-state index in [2.05, 4.69) is 14.4 Å². The molecule has 0 radical (unpaired) electrons. The Balaban J connectivity index is 2.86. The number of nitrogens with one attached hydrogen (secondary N) is 1. The van der Waals surface area contributed by atoms with Gasteiger partial charge in [0.05, 0.1) is 5.69 Å². The lowest BCUT2D eigenvalue weighted by molar-refractivity contribution is -0.119. The van der Waals surface area contributed by atoms with Gasteiger partial charge in [-0.3, -0.25) is 4.79 Å². The number of hydrogen-bond donors (Lipinski definition) is 2. The maximum absolute atomic E-state index is 11.1. The largest absolute Gasteiger partial charge is 0.478 e. The van der Waals surface area contributed by atoms with Crippen LogP contribution in [-0.2, 0) is 9.53 Å². The van der Waals surface area contributed by atoms with Crippen molar-refractivity contribution in [2.75, 3.05) is 19.0 Å². The molecule has 82 valence electrons.